The van der Waals surface area contributed by atoms with E-state index in [1.165, 1.54) is 24.3 Å². The molecule has 0 heterocycles. The van der Waals surface area contributed by atoms with E-state index < -0.39 is 17.7 Å². The summed E-state index contributed by atoms with van der Waals surface area (Å²) in [5, 5.41) is 8.51. The molecule has 1 aromatic carbocycles. The number of benzene rings is 1. The molecular weight excluding hydrogens is 200 g/mol. The molecule has 1 rings (SSSR count). The second kappa shape index (κ2) is 4.36. The Morgan fingerprint density at radius 3 is 2.13 bits per heavy atom. The molecule has 0 fully saturated rings. The molecular formula is C10H8O5. The van der Waals surface area contributed by atoms with Crippen LogP contribution in [-0.4, -0.2) is 29.9 Å². The highest BCUT2D eigenvalue weighted by Crippen LogP contribution is 2.10. The largest absolute Gasteiger partial charge is 0.475 e. The Kier molecular flexibility index (Phi) is 3.17. The molecule has 5 nitrogen and oxygen atoms in total. The van der Waals surface area contributed by atoms with Crippen molar-refractivity contribution in [3.8, 4) is 0 Å². The summed E-state index contributed by atoms with van der Waals surface area (Å²) in [6.45, 7) is 0. The Labute approximate surface area is 85.3 Å². The first kappa shape index (κ1) is 10.9. The fourth-order valence-electron chi connectivity index (χ4n) is 1.08. The van der Waals surface area contributed by atoms with Crippen molar-refractivity contribution in [1.82, 2.24) is 0 Å². The predicted molar refractivity (Wildman–Crippen MR) is 49.7 cm³/mol. The van der Waals surface area contributed by atoms with Crippen LogP contribution in [0.25, 0.3) is 0 Å². The molecule has 0 saturated carbocycles. The summed E-state index contributed by atoms with van der Waals surface area (Å²) in [6.07, 6.45) is 0. The van der Waals surface area contributed by atoms with Crippen LogP contribution in [0.4, 0.5) is 0 Å². The first-order valence-corrected chi connectivity index (χ1v) is 4.03. The fourth-order valence-corrected chi connectivity index (χ4v) is 1.08. The highest BCUT2D eigenvalue weighted by Gasteiger charge is 2.21. The zero-order chi connectivity index (χ0) is 11.4. The summed E-state index contributed by atoms with van der Waals surface area (Å²) in [7, 11) is 1.16. The Morgan fingerprint density at radius 2 is 1.67 bits per heavy atom. The van der Waals surface area contributed by atoms with Gasteiger partial charge in [0.25, 0.3) is 5.78 Å². The van der Waals surface area contributed by atoms with Crippen molar-refractivity contribution in [1.29, 1.82) is 0 Å². The van der Waals surface area contributed by atoms with Gasteiger partial charge >= 0.3 is 11.9 Å². The van der Waals surface area contributed by atoms with Gasteiger partial charge in [0, 0.05) is 5.56 Å². The van der Waals surface area contributed by atoms with E-state index in [0.717, 1.165) is 7.11 Å². The smallest absolute Gasteiger partial charge is 0.377 e. The van der Waals surface area contributed by atoms with Crippen LogP contribution in [0.3, 0.4) is 0 Å². The van der Waals surface area contributed by atoms with Gasteiger partial charge in [0.2, 0.25) is 0 Å². The summed E-state index contributed by atoms with van der Waals surface area (Å²) in [4.78, 5) is 32.8. The van der Waals surface area contributed by atoms with Gasteiger partial charge in [-0.05, 0) is 12.1 Å². The van der Waals surface area contributed by atoms with Gasteiger partial charge in [-0.3, -0.25) is 4.79 Å². The second-order valence-corrected chi connectivity index (χ2v) is 2.67. The number of ketones is 1. The average molecular weight is 208 g/mol. The molecule has 0 amide bonds. The van der Waals surface area contributed by atoms with Crippen LogP contribution >= 0.6 is 0 Å². The number of carboxylic acid groups (broad SMARTS) is 1. The third-order valence-corrected chi connectivity index (χ3v) is 1.77. The first-order valence-electron chi connectivity index (χ1n) is 4.03. The number of carboxylic acids is 1. The van der Waals surface area contributed by atoms with Crippen LogP contribution in [0.15, 0.2) is 24.3 Å². The van der Waals surface area contributed by atoms with E-state index in [9.17, 15) is 14.4 Å². The molecule has 0 aliphatic carbocycles. The van der Waals surface area contributed by atoms with Gasteiger partial charge in [-0.2, -0.15) is 0 Å². The van der Waals surface area contributed by atoms with E-state index in [4.69, 9.17) is 5.11 Å². The number of esters is 1. The number of carbonyl (C=O) groups excluding carboxylic acids is 2. The lowest BCUT2D eigenvalue weighted by Crippen LogP contribution is -2.17. The van der Waals surface area contributed by atoms with Gasteiger partial charge in [-0.1, -0.05) is 12.1 Å². The lowest BCUT2D eigenvalue weighted by molar-refractivity contribution is -0.131. The van der Waals surface area contributed by atoms with Gasteiger partial charge in [-0.15, -0.1) is 0 Å². The van der Waals surface area contributed by atoms with Crippen molar-refractivity contribution in [3.63, 3.8) is 0 Å². The molecule has 1 aromatic rings. The molecule has 0 atom stereocenters. The topological polar surface area (TPSA) is 80.7 Å². The molecule has 15 heavy (non-hydrogen) atoms. The Balaban J connectivity index is 3.23. The maximum atomic E-state index is 11.2. The van der Waals surface area contributed by atoms with Crippen LogP contribution in [-0.2, 0) is 9.53 Å². The monoisotopic (exact) mass is 208 g/mol. The average Bonchev–Trinajstić information content (AvgIpc) is 2.27. The van der Waals surface area contributed by atoms with E-state index in [1.807, 2.05) is 0 Å². The quantitative estimate of drug-likeness (QED) is 0.450. The Morgan fingerprint density at radius 1 is 1.13 bits per heavy atom. The zero-order valence-corrected chi connectivity index (χ0v) is 7.89. The maximum Gasteiger partial charge on any atom is 0.377 e. The van der Waals surface area contributed by atoms with Crippen LogP contribution in [0, 0.1) is 0 Å². The van der Waals surface area contributed by atoms with Crippen LogP contribution in [0.2, 0.25) is 0 Å². The minimum absolute atomic E-state index is 0.0487. The standard InChI is InChI=1S/C10H8O5/c1-15-10(14)7-5-3-2-4-6(7)8(11)9(12)13/h2-5H,1H3,(H,12,13). The minimum Gasteiger partial charge on any atom is -0.475 e. The number of ether oxygens (including phenoxy) is 1. The number of methoxy groups -OCH3 is 1. The third-order valence-electron chi connectivity index (χ3n) is 1.77. The van der Waals surface area contributed by atoms with E-state index in [0.29, 0.717) is 0 Å². The summed E-state index contributed by atoms with van der Waals surface area (Å²) in [6, 6.07) is 5.60. The lowest BCUT2D eigenvalue weighted by Gasteiger charge is -2.03. The molecule has 0 bridgehead atoms. The molecule has 1 N–H and O–H groups in total. The molecule has 0 aromatic heterocycles. The molecule has 0 aliphatic heterocycles. The van der Waals surface area contributed by atoms with Crippen molar-refractivity contribution in [2.45, 2.75) is 0 Å². The number of aliphatic carboxylic acids is 1. The van der Waals surface area contributed by atoms with Gasteiger partial charge in [-0.25, -0.2) is 9.59 Å². The number of carbonyl (C=O) groups is 3. The number of Topliss-reactive ketones (excluding diaryl/α,β-unsaturated/α-hetero) is 1. The predicted octanol–water partition coefficient (Wildman–Crippen LogP) is 0.740. The van der Waals surface area contributed by atoms with Gasteiger partial charge in [0.05, 0.1) is 12.7 Å². The maximum absolute atomic E-state index is 11.2. The lowest BCUT2D eigenvalue weighted by atomic mass is 10.0. The summed E-state index contributed by atoms with van der Waals surface area (Å²) in [5.41, 5.74) is -0.218. The number of rotatable bonds is 3. The normalized spacial score (nSPS) is 9.40. The zero-order valence-electron chi connectivity index (χ0n) is 7.89. The second-order valence-electron chi connectivity index (χ2n) is 2.67. The molecule has 0 radical (unpaired) electrons. The molecule has 0 unspecified atom stereocenters. The van der Waals surface area contributed by atoms with E-state index in [-0.39, 0.29) is 11.1 Å². The summed E-state index contributed by atoms with van der Waals surface area (Å²) < 4.78 is 4.42. The molecule has 0 aliphatic rings. The molecule has 78 valence electrons. The SMILES string of the molecule is COC(=O)c1ccccc1C(=O)C(=O)O. The van der Waals surface area contributed by atoms with E-state index in [1.54, 1.807) is 0 Å². The van der Waals surface area contributed by atoms with Crippen molar-refractivity contribution >= 4 is 17.7 Å². The first-order chi connectivity index (χ1) is 7.07. The highest BCUT2D eigenvalue weighted by atomic mass is 16.5. The van der Waals surface area contributed by atoms with Gasteiger partial charge in [0.1, 0.15) is 0 Å². The van der Waals surface area contributed by atoms with Crippen molar-refractivity contribution in [2.75, 3.05) is 7.11 Å². The number of hydrogen-bond acceptors (Lipinski definition) is 4. The highest BCUT2D eigenvalue weighted by molar-refractivity contribution is 6.41. The fraction of sp³-hybridized carbons (Fsp3) is 0.100. The van der Waals surface area contributed by atoms with Crippen LogP contribution in [0.5, 0.6) is 0 Å². The molecule has 0 saturated heterocycles. The molecule has 0 spiro atoms. The van der Waals surface area contributed by atoms with Gasteiger partial charge < -0.3 is 9.84 Å². The van der Waals surface area contributed by atoms with E-state index in [2.05, 4.69) is 4.74 Å². The third kappa shape index (κ3) is 2.19. The molecule has 5 heteroatoms. The van der Waals surface area contributed by atoms with Gasteiger partial charge in [0.15, 0.2) is 0 Å². The number of hydrogen-bond donors (Lipinski definition) is 1. The van der Waals surface area contributed by atoms with Crippen LogP contribution in [0.1, 0.15) is 20.7 Å². The van der Waals surface area contributed by atoms with Crippen molar-refractivity contribution in [2.24, 2.45) is 0 Å². The van der Waals surface area contributed by atoms with Crippen molar-refractivity contribution in [3.05, 3.63) is 35.4 Å². The van der Waals surface area contributed by atoms with Crippen molar-refractivity contribution < 1.29 is 24.2 Å². The summed E-state index contributed by atoms with van der Waals surface area (Å²) >= 11 is 0. The minimum atomic E-state index is -1.61. The van der Waals surface area contributed by atoms with E-state index >= 15 is 0 Å². The summed E-state index contributed by atoms with van der Waals surface area (Å²) in [5.74, 6) is -3.47. The van der Waals surface area contributed by atoms with Crippen LogP contribution < -0.4 is 0 Å². The Bertz CT molecular complexity index is 422. The Hall–Kier alpha value is -2.17.